The Morgan fingerprint density at radius 1 is 1.07 bits per heavy atom. The van der Waals surface area contributed by atoms with E-state index in [1.165, 1.54) is 5.56 Å². The molecule has 4 rings (SSSR count). The normalized spacial score (nSPS) is 13.0. The summed E-state index contributed by atoms with van der Waals surface area (Å²) in [6, 6.07) is 13.3. The van der Waals surface area contributed by atoms with Crippen molar-refractivity contribution in [3.8, 4) is 5.75 Å². The lowest BCUT2D eigenvalue weighted by atomic mass is 9.93. The van der Waals surface area contributed by atoms with Crippen molar-refractivity contribution in [1.82, 2.24) is 0 Å². The first kappa shape index (κ1) is 19.9. The van der Waals surface area contributed by atoms with E-state index in [1.54, 1.807) is 24.3 Å². The zero-order chi connectivity index (χ0) is 21.3. The second-order valence-corrected chi connectivity index (χ2v) is 7.62. The first-order chi connectivity index (χ1) is 14.5. The quantitative estimate of drug-likeness (QED) is 0.383. The average Bonchev–Trinajstić information content (AvgIpc) is 2.73. The van der Waals surface area contributed by atoms with E-state index in [0.29, 0.717) is 23.7 Å². The molecule has 4 heteroatoms. The number of hydrogen-bond acceptors (Lipinski definition) is 4. The molecule has 1 aliphatic carbocycles. The van der Waals surface area contributed by atoms with Gasteiger partial charge in [-0.25, -0.2) is 4.79 Å². The standard InChI is InChI=1S/C26H24O4/c1-4-17(5-2)19-6-7-20-14-24(26(28)30-25(20)15-19)16(3)29-23-11-9-18-8-10-22(27)12-21(18)13-23/h6-11,13-15,17H,3-5,12H2,1-2H3. The minimum atomic E-state index is -0.481. The molecule has 0 atom stereocenters. The third-order valence-electron chi connectivity index (χ3n) is 5.69. The molecule has 1 aromatic heterocycles. The third-order valence-corrected chi connectivity index (χ3v) is 5.69. The molecule has 0 spiro atoms. The number of carbonyl (C=O) groups excluding carboxylic acids is 1. The Labute approximate surface area is 175 Å². The van der Waals surface area contributed by atoms with Crippen LogP contribution in [0, 0.1) is 0 Å². The Balaban J connectivity index is 1.62. The lowest BCUT2D eigenvalue weighted by Gasteiger charge is -2.14. The highest BCUT2D eigenvalue weighted by molar-refractivity contribution is 5.98. The topological polar surface area (TPSA) is 56.5 Å². The molecule has 2 aromatic carbocycles. The molecule has 4 nitrogen and oxygen atoms in total. The summed E-state index contributed by atoms with van der Waals surface area (Å²) in [5.41, 5.74) is 3.44. The molecule has 3 aromatic rings. The number of ketones is 1. The van der Waals surface area contributed by atoms with Gasteiger partial charge in [-0.3, -0.25) is 4.79 Å². The van der Waals surface area contributed by atoms with Gasteiger partial charge < -0.3 is 9.15 Å². The Morgan fingerprint density at radius 2 is 1.87 bits per heavy atom. The van der Waals surface area contributed by atoms with Crippen molar-refractivity contribution in [2.45, 2.75) is 39.0 Å². The number of rotatable bonds is 6. The van der Waals surface area contributed by atoms with Crippen LogP contribution in [0.5, 0.6) is 5.75 Å². The van der Waals surface area contributed by atoms with Crippen LogP contribution in [0.1, 0.15) is 54.9 Å². The third kappa shape index (κ3) is 3.86. The van der Waals surface area contributed by atoms with Crippen LogP contribution in [0.4, 0.5) is 0 Å². The molecular formula is C26H24O4. The summed E-state index contributed by atoms with van der Waals surface area (Å²) < 4.78 is 11.4. The van der Waals surface area contributed by atoms with Crippen LogP contribution >= 0.6 is 0 Å². The minimum absolute atomic E-state index is 0.0569. The summed E-state index contributed by atoms with van der Waals surface area (Å²) >= 11 is 0. The van der Waals surface area contributed by atoms with Crippen LogP contribution in [0.2, 0.25) is 0 Å². The smallest absolute Gasteiger partial charge is 0.347 e. The molecule has 0 aliphatic heterocycles. The second-order valence-electron chi connectivity index (χ2n) is 7.62. The summed E-state index contributed by atoms with van der Waals surface area (Å²) in [6.07, 6.45) is 5.80. The predicted molar refractivity (Wildman–Crippen MR) is 120 cm³/mol. The summed E-state index contributed by atoms with van der Waals surface area (Å²) in [6.45, 7) is 8.24. The van der Waals surface area contributed by atoms with Gasteiger partial charge in [0.15, 0.2) is 5.78 Å². The molecule has 1 aliphatic rings. The van der Waals surface area contributed by atoms with E-state index in [1.807, 2.05) is 24.3 Å². The molecule has 0 N–H and O–H groups in total. The van der Waals surface area contributed by atoms with Gasteiger partial charge in [-0.2, -0.15) is 0 Å². The molecule has 0 bridgehead atoms. The molecule has 1 heterocycles. The summed E-state index contributed by atoms with van der Waals surface area (Å²) in [4.78, 5) is 24.3. The van der Waals surface area contributed by atoms with Crippen LogP contribution in [0.25, 0.3) is 22.8 Å². The van der Waals surface area contributed by atoms with Gasteiger partial charge in [0.05, 0.1) is 0 Å². The van der Waals surface area contributed by atoms with Crippen LogP contribution < -0.4 is 10.4 Å². The molecule has 152 valence electrons. The summed E-state index contributed by atoms with van der Waals surface area (Å²) in [5, 5.41) is 0.824. The van der Waals surface area contributed by atoms with E-state index < -0.39 is 5.63 Å². The van der Waals surface area contributed by atoms with Crippen molar-refractivity contribution < 1.29 is 13.9 Å². The average molecular weight is 400 g/mol. The van der Waals surface area contributed by atoms with Gasteiger partial charge in [0, 0.05) is 11.8 Å². The van der Waals surface area contributed by atoms with Gasteiger partial charge in [0.25, 0.3) is 0 Å². The van der Waals surface area contributed by atoms with Crippen molar-refractivity contribution in [2.75, 3.05) is 0 Å². The highest BCUT2D eigenvalue weighted by Gasteiger charge is 2.15. The maximum atomic E-state index is 12.6. The Bertz CT molecular complexity index is 1230. The molecule has 0 saturated heterocycles. The van der Waals surface area contributed by atoms with Gasteiger partial charge in [-0.05, 0) is 65.8 Å². The van der Waals surface area contributed by atoms with Crippen molar-refractivity contribution in [2.24, 2.45) is 0 Å². The first-order valence-corrected chi connectivity index (χ1v) is 10.3. The summed E-state index contributed by atoms with van der Waals surface area (Å²) in [7, 11) is 0. The zero-order valence-corrected chi connectivity index (χ0v) is 17.2. The van der Waals surface area contributed by atoms with Crippen molar-refractivity contribution >= 4 is 28.6 Å². The Morgan fingerprint density at radius 3 is 2.63 bits per heavy atom. The highest BCUT2D eigenvalue weighted by atomic mass is 16.5. The van der Waals surface area contributed by atoms with E-state index in [-0.39, 0.29) is 17.1 Å². The van der Waals surface area contributed by atoms with Gasteiger partial charge in [0.1, 0.15) is 22.7 Å². The van der Waals surface area contributed by atoms with E-state index in [2.05, 4.69) is 26.5 Å². The van der Waals surface area contributed by atoms with Crippen LogP contribution in [-0.2, 0) is 11.2 Å². The number of benzene rings is 2. The van der Waals surface area contributed by atoms with Gasteiger partial charge >= 0.3 is 5.63 Å². The zero-order valence-electron chi connectivity index (χ0n) is 17.2. The lowest BCUT2D eigenvalue weighted by Crippen LogP contribution is -2.10. The summed E-state index contributed by atoms with van der Waals surface area (Å²) in [5.74, 6) is 1.25. The maximum absolute atomic E-state index is 12.6. The number of ether oxygens (including phenoxy) is 1. The monoisotopic (exact) mass is 400 g/mol. The first-order valence-electron chi connectivity index (χ1n) is 10.3. The van der Waals surface area contributed by atoms with E-state index in [9.17, 15) is 9.59 Å². The number of fused-ring (bicyclic) bond motifs is 2. The van der Waals surface area contributed by atoms with Gasteiger partial charge in [0.2, 0.25) is 0 Å². The molecule has 0 fully saturated rings. The predicted octanol–water partition coefficient (Wildman–Crippen LogP) is 5.88. The molecule has 0 unspecified atom stereocenters. The number of allylic oxidation sites excluding steroid dienone is 1. The minimum Gasteiger partial charge on any atom is -0.457 e. The lowest BCUT2D eigenvalue weighted by molar-refractivity contribution is -0.114. The highest BCUT2D eigenvalue weighted by Crippen LogP contribution is 2.28. The van der Waals surface area contributed by atoms with Crippen molar-refractivity contribution in [3.05, 3.63) is 87.8 Å². The Hall–Kier alpha value is -3.40. The number of carbonyl (C=O) groups is 1. The fraction of sp³-hybridized carbons (Fsp3) is 0.231. The van der Waals surface area contributed by atoms with E-state index in [0.717, 1.165) is 29.4 Å². The molecule has 0 amide bonds. The Kier molecular flexibility index (Phi) is 5.40. The van der Waals surface area contributed by atoms with Gasteiger partial charge in [-0.1, -0.05) is 44.7 Å². The largest absolute Gasteiger partial charge is 0.457 e. The van der Waals surface area contributed by atoms with E-state index >= 15 is 0 Å². The van der Waals surface area contributed by atoms with Crippen LogP contribution in [-0.4, -0.2) is 5.78 Å². The maximum Gasteiger partial charge on any atom is 0.347 e. The van der Waals surface area contributed by atoms with Crippen LogP contribution in [0.3, 0.4) is 0 Å². The fourth-order valence-electron chi connectivity index (χ4n) is 3.92. The van der Waals surface area contributed by atoms with Gasteiger partial charge in [-0.15, -0.1) is 0 Å². The van der Waals surface area contributed by atoms with Crippen molar-refractivity contribution in [3.63, 3.8) is 0 Å². The second kappa shape index (κ2) is 8.15. The van der Waals surface area contributed by atoms with E-state index in [4.69, 9.17) is 9.15 Å². The van der Waals surface area contributed by atoms with Crippen molar-refractivity contribution in [1.29, 1.82) is 0 Å². The molecule has 0 saturated carbocycles. The number of hydrogen-bond donors (Lipinski definition) is 0. The SMILES string of the molecule is C=C(Oc1ccc2c(c1)CC(=O)C=C2)c1cc2ccc(C(CC)CC)cc2oc1=O. The fourth-order valence-corrected chi connectivity index (χ4v) is 3.92. The molecule has 30 heavy (non-hydrogen) atoms. The van der Waals surface area contributed by atoms with Crippen LogP contribution in [0.15, 0.2) is 64.3 Å². The molecule has 0 radical (unpaired) electrons. The molecular weight excluding hydrogens is 376 g/mol.